The highest BCUT2D eigenvalue weighted by molar-refractivity contribution is 5.69. The number of nitrogens with zero attached hydrogens (tertiary/aromatic N) is 1. The molecule has 0 aromatic carbocycles. The van der Waals surface area contributed by atoms with Gasteiger partial charge in [-0.05, 0) is 45.3 Å². The highest BCUT2D eigenvalue weighted by Gasteiger charge is 2.45. The van der Waals surface area contributed by atoms with Crippen LogP contribution in [0.3, 0.4) is 0 Å². The van der Waals surface area contributed by atoms with Gasteiger partial charge in [0.1, 0.15) is 0 Å². The van der Waals surface area contributed by atoms with Crippen LogP contribution in [0.2, 0.25) is 0 Å². The summed E-state index contributed by atoms with van der Waals surface area (Å²) < 4.78 is 10.1. The highest BCUT2D eigenvalue weighted by Crippen LogP contribution is 2.45. The number of piperidine rings is 1. The summed E-state index contributed by atoms with van der Waals surface area (Å²) in [6.45, 7) is 4.01. The zero-order chi connectivity index (χ0) is 12.3. The summed E-state index contributed by atoms with van der Waals surface area (Å²) in [6, 6.07) is 0. The zero-order valence-corrected chi connectivity index (χ0v) is 10.9. The third-order valence-corrected chi connectivity index (χ3v) is 4.42. The topological polar surface area (TPSA) is 38.8 Å². The standard InChI is InChI=1S/C13H23NO3/c1-14-7-4-11(5-8-14)13(9-17-10-13)6-3-12(15)16-2/h11H,3-10H2,1-2H3. The van der Waals surface area contributed by atoms with Gasteiger partial charge in [-0.2, -0.15) is 0 Å². The molecule has 0 atom stereocenters. The number of ether oxygens (including phenoxy) is 2. The molecular weight excluding hydrogens is 218 g/mol. The molecule has 0 amide bonds. The molecule has 98 valence electrons. The minimum Gasteiger partial charge on any atom is -0.469 e. The van der Waals surface area contributed by atoms with E-state index in [2.05, 4.69) is 11.9 Å². The van der Waals surface area contributed by atoms with E-state index in [0.29, 0.717) is 6.42 Å². The number of hydrogen-bond donors (Lipinski definition) is 0. The van der Waals surface area contributed by atoms with Gasteiger partial charge in [-0.25, -0.2) is 0 Å². The number of esters is 1. The lowest BCUT2D eigenvalue weighted by molar-refractivity contribution is -0.166. The van der Waals surface area contributed by atoms with Crippen LogP contribution >= 0.6 is 0 Å². The minimum atomic E-state index is -0.0933. The van der Waals surface area contributed by atoms with Crippen molar-refractivity contribution in [2.24, 2.45) is 11.3 Å². The lowest BCUT2D eigenvalue weighted by Crippen LogP contribution is -2.51. The van der Waals surface area contributed by atoms with Crippen LogP contribution in [0.25, 0.3) is 0 Å². The summed E-state index contributed by atoms with van der Waals surface area (Å²) in [4.78, 5) is 13.6. The molecule has 2 saturated heterocycles. The lowest BCUT2D eigenvalue weighted by atomic mass is 9.67. The van der Waals surface area contributed by atoms with Gasteiger partial charge in [-0.15, -0.1) is 0 Å². The molecule has 0 bridgehead atoms. The van der Waals surface area contributed by atoms with Crippen molar-refractivity contribution < 1.29 is 14.3 Å². The van der Waals surface area contributed by atoms with E-state index >= 15 is 0 Å². The molecule has 0 saturated carbocycles. The molecule has 0 unspecified atom stereocenters. The summed E-state index contributed by atoms with van der Waals surface area (Å²) in [6.07, 6.45) is 3.93. The Morgan fingerprint density at radius 1 is 1.41 bits per heavy atom. The number of carbonyl (C=O) groups is 1. The maximum atomic E-state index is 11.3. The van der Waals surface area contributed by atoms with Crippen LogP contribution in [0, 0.1) is 11.3 Å². The van der Waals surface area contributed by atoms with E-state index in [1.165, 1.54) is 33.0 Å². The van der Waals surface area contributed by atoms with Crippen molar-refractivity contribution >= 4 is 5.97 Å². The van der Waals surface area contributed by atoms with E-state index < -0.39 is 0 Å². The van der Waals surface area contributed by atoms with Crippen molar-refractivity contribution in [3.63, 3.8) is 0 Å². The largest absolute Gasteiger partial charge is 0.469 e. The van der Waals surface area contributed by atoms with Crippen molar-refractivity contribution in [2.45, 2.75) is 25.7 Å². The van der Waals surface area contributed by atoms with Gasteiger partial charge >= 0.3 is 5.97 Å². The van der Waals surface area contributed by atoms with Crippen molar-refractivity contribution in [1.82, 2.24) is 4.90 Å². The molecule has 2 rings (SSSR count). The first kappa shape index (κ1) is 12.8. The number of hydrogen-bond acceptors (Lipinski definition) is 4. The summed E-state index contributed by atoms with van der Waals surface area (Å²) in [7, 11) is 3.64. The smallest absolute Gasteiger partial charge is 0.305 e. The SMILES string of the molecule is COC(=O)CCC1(C2CCN(C)CC2)COC1. The van der Waals surface area contributed by atoms with E-state index in [1.807, 2.05) is 0 Å². The Kier molecular flexibility index (Phi) is 4.05. The van der Waals surface area contributed by atoms with Gasteiger partial charge in [0.15, 0.2) is 0 Å². The van der Waals surface area contributed by atoms with Crippen molar-refractivity contribution in [3.8, 4) is 0 Å². The molecule has 2 aliphatic rings. The summed E-state index contributed by atoms with van der Waals surface area (Å²) in [5.74, 6) is 0.626. The molecule has 0 N–H and O–H groups in total. The fourth-order valence-corrected chi connectivity index (χ4v) is 3.02. The number of methoxy groups -OCH3 is 1. The highest BCUT2D eigenvalue weighted by atomic mass is 16.5. The third-order valence-electron chi connectivity index (χ3n) is 4.42. The van der Waals surface area contributed by atoms with E-state index in [-0.39, 0.29) is 11.4 Å². The zero-order valence-electron chi connectivity index (χ0n) is 10.9. The fourth-order valence-electron chi connectivity index (χ4n) is 3.02. The number of carbonyl (C=O) groups excluding carboxylic acids is 1. The lowest BCUT2D eigenvalue weighted by Gasteiger charge is -2.49. The maximum absolute atomic E-state index is 11.3. The van der Waals surface area contributed by atoms with Gasteiger partial charge in [-0.3, -0.25) is 4.79 Å². The van der Waals surface area contributed by atoms with E-state index in [0.717, 1.165) is 25.6 Å². The van der Waals surface area contributed by atoms with Crippen LogP contribution in [-0.2, 0) is 14.3 Å². The van der Waals surface area contributed by atoms with Gasteiger partial charge < -0.3 is 14.4 Å². The summed E-state index contributed by atoms with van der Waals surface area (Å²) in [5.41, 5.74) is 0.259. The predicted octanol–water partition coefficient (Wildman–Crippen LogP) is 1.30. The Labute approximate surface area is 103 Å². The number of rotatable bonds is 4. The Morgan fingerprint density at radius 2 is 2.06 bits per heavy atom. The Balaban J connectivity index is 1.88. The molecule has 2 fully saturated rings. The molecular formula is C13H23NO3. The second-order valence-corrected chi connectivity index (χ2v) is 5.51. The maximum Gasteiger partial charge on any atom is 0.305 e. The molecule has 2 aliphatic heterocycles. The molecule has 0 radical (unpaired) electrons. The van der Waals surface area contributed by atoms with Crippen molar-refractivity contribution in [2.75, 3.05) is 40.5 Å². The normalized spacial score (nSPS) is 25.3. The van der Waals surface area contributed by atoms with Crippen molar-refractivity contribution in [1.29, 1.82) is 0 Å². The van der Waals surface area contributed by atoms with Crippen molar-refractivity contribution in [3.05, 3.63) is 0 Å². The molecule has 0 aromatic heterocycles. The van der Waals surface area contributed by atoms with E-state index in [4.69, 9.17) is 9.47 Å². The van der Waals surface area contributed by atoms with Crippen LogP contribution < -0.4 is 0 Å². The molecule has 17 heavy (non-hydrogen) atoms. The Morgan fingerprint density at radius 3 is 2.53 bits per heavy atom. The van der Waals surface area contributed by atoms with Gasteiger partial charge in [0.2, 0.25) is 0 Å². The van der Waals surface area contributed by atoms with Gasteiger partial charge in [0.25, 0.3) is 0 Å². The van der Waals surface area contributed by atoms with E-state index in [9.17, 15) is 4.79 Å². The summed E-state index contributed by atoms with van der Waals surface area (Å²) >= 11 is 0. The molecule has 4 nitrogen and oxygen atoms in total. The Bertz CT molecular complexity index is 268. The summed E-state index contributed by atoms with van der Waals surface area (Å²) in [5, 5.41) is 0. The fraction of sp³-hybridized carbons (Fsp3) is 0.923. The van der Waals surface area contributed by atoms with Gasteiger partial charge in [0.05, 0.1) is 20.3 Å². The van der Waals surface area contributed by atoms with Crippen LogP contribution in [0.15, 0.2) is 0 Å². The average molecular weight is 241 g/mol. The second kappa shape index (κ2) is 5.36. The molecule has 0 spiro atoms. The van der Waals surface area contributed by atoms with Crippen LogP contribution in [0.4, 0.5) is 0 Å². The molecule has 4 heteroatoms. The Hall–Kier alpha value is -0.610. The molecule has 0 aliphatic carbocycles. The van der Waals surface area contributed by atoms with Crippen LogP contribution in [0.5, 0.6) is 0 Å². The molecule has 2 heterocycles. The third kappa shape index (κ3) is 2.80. The monoisotopic (exact) mass is 241 g/mol. The second-order valence-electron chi connectivity index (χ2n) is 5.51. The van der Waals surface area contributed by atoms with E-state index in [1.54, 1.807) is 0 Å². The van der Waals surface area contributed by atoms with Gasteiger partial charge in [0, 0.05) is 11.8 Å². The van der Waals surface area contributed by atoms with Gasteiger partial charge in [-0.1, -0.05) is 0 Å². The molecule has 0 aromatic rings. The first-order valence-electron chi connectivity index (χ1n) is 6.49. The first-order chi connectivity index (χ1) is 8.16. The average Bonchev–Trinajstić information content (AvgIpc) is 2.29. The minimum absolute atomic E-state index is 0.0933. The van der Waals surface area contributed by atoms with Crippen LogP contribution in [-0.4, -0.2) is 51.3 Å². The first-order valence-corrected chi connectivity index (χ1v) is 6.49. The number of likely N-dealkylation sites (tertiary alicyclic amines) is 1. The van der Waals surface area contributed by atoms with Crippen LogP contribution in [0.1, 0.15) is 25.7 Å². The predicted molar refractivity (Wildman–Crippen MR) is 64.7 cm³/mol. The quantitative estimate of drug-likeness (QED) is 0.695.